The number of aliphatic hydroxyl groups is 1. The van der Waals surface area contributed by atoms with Gasteiger partial charge in [-0.15, -0.1) is 0 Å². The zero-order chi connectivity index (χ0) is 20.6. The average molecular weight is 416 g/mol. The number of benzene rings is 1. The third kappa shape index (κ3) is 3.76. The number of pyridine rings is 1. The minimum absolute atomic E-state index is 0.0636. The normalized spacial score (nSPS) is 22.6. The van der Waals surface area contributed by atoms with Crippen molar-refractivity contribution in [1.29, 1.82) is 0 Å². The Morgan fingerprint density at radius 2 is 2.00 bits per heavy atom. The van der Waals surface area contributed by atoms with Crippen LogP contribution in [0, 0.1) is 5.41 Å². The van der Waals surface area contributed by atoms with E-state index < -0.39 is 33.2 Å². The molecule has 0 saturated carbocycles. The van der Waals surface area contributed by atoms with Crippen LogP contribution >= 0.6 is 0 Å². The van der Waals surface area contributed by atoms with Crippen molar-refractivity contribution in [2.45, 2.75) is 24.0 Å². The summed E-state index contributed by atoms with van der Waals surface area (Å²) in [6.45, 7) is 0.0652. The quantitative estimate of drug-likeness (QED) is 0.649. The second-order valence-electron chi connectivity index (χ2n) is 7.23. The van der Waals surface area contributed by atoms with Crippen molar-refractivity contribution in [3.05, 3.63) is 48.8 Å². The first-order chi connectivity index (χ1) is 13.8. The summed E-state index contributed by atoms with van der Waals surface area (Å²) in [6.07, 6.45) is 2.06. The molecule has 3 N–H and O–H groups in total. The molecule has 1 saturated heterocycles. The van der Waals surface area contributed by atoms with Crippen molar-refractivity contribution >= 4 is 26.7 Å². The molecular weight excluding hydrogens is 396 g/mol. The van der Waals surface area contributed by atoms with Gasteiger partial charge in [-0.25, -0.2) is 8.42 Å². The van der Waals surface area contributed by atoms with Crippen molar-refractivity contribution in [2.24, 2.45) is 11.1 Å². The summed E-state index contributed by atoms with van der Waals surface area (Å²) in [5.74, 6) is -0.651. The van der Waals surface area contributed by atoms with Crippen LogP contribution in [-0.4, -0.2) is 43.1 Å². The zero-order valence-corrected chi connectivity index (χ0v) is 16.3. The van der Waals surface area contributed by atoms with E-state index >= 15 is 0 Å². The van der Waals surface area contributed by atoms with Crippen LogP contribution < -0.4 is 5.73 Å². The van der Waals surface area contributed by atoms with Crippen LogP contribution in [0.25, 0.3) is 22.3 Å². The Balaban J connectivity index is 1.68. The first kappa shape index (κ1) is 19.6. The highest BCUT2D eigenvalue weighted by molar-refractivity contribution is 7.91. The number of carbonyl (C=O) groups excluding carboxylic acids is 1. The van der Waals surface area contributed by atoms with Crippen molar-refractivity contribution in [1.82, 2.24) is 4.98 Å². The van der Waals surface area contributed by atoms with Crippen LogP contribution in [0.4, 0.5) is 0 Å². The minimum Gasteiger partial charge on any atom is -0.456 e. The monoisotopic (exact) mass is 416 g/mol. The molecule has 8 nitrogen and oxygen atoms in total. The molecule has 9 heteroatoms. The number of nitrogens with two attached hydrogens (primary N) is 1. The van der Waals surface area contributed by atoms with E-state index in [0.29, 0.717) is 16.7 Å². The molecule has 1 amide bonds. The Morgan fingerprint density at radius 3 is 2.69 bits per heavy atom. The first-order valence-corrected chi connectivity index (χ1v) is 10.7. The highest BCUT2D eigenvalue weighted by Gasteiger charge is 2.45. The van der Waals surface area contributed by atoms with Crippen LogP contribution in [0.3, 0.4) is 0 Å². The predicted octanol–water partition coefficient (Wildman–Crippen LogP) is 1.87. The van der Waals surface area contributed by atoms with Crippen LogP contribution in [0.5, 0.6) is 0 Å². The number of hydrogen-bond acceptors (Lipinski definition) is 7. The van der Waals surface area contributed by atoms with Crippen LogP contribution in [0.15, 0.2) is 58.1 Å². The van der Waals surface area contributed by atoms with Gasteiger partial charge in [-0.1, -0.05) is 0 Å². The van der Waals surface area contributed by atoms with Gasteiger partial charge in [-0.2, -0.15) is 0 Å². The number of nitrogens with zero attached hydrogens (tertiary/aromatic N) is 1. The van der Waals surface area contributed by atoms with Crippen molar-refractivity contribution in [2.75, 3.05) is 12.4 Å². The Morgan fingerprint density at radius 1 is 1.24 bits per heavy atom. The fourth-order valence-corrected chi connectivity index (χ4v) is 5.51. The minimum atomic E-state index is -3.85. The molecule has 2 aromatic heterocycles. The summed E-state index contributed by atoms with van der Waals surface area (Å²) in [5, 5.41) is 10.4. The maximum absolute atomic E-state index is 13.1. The predicted molar refractivity (Wildman–Crippen MR) is 104 cm³/mol. The molecule has 1 aromatic carbocycles. The summed E-state index contributed by atoms with van der Waals surface area (Å²) in [4.78, 5) is 16.1. The lowest BCUT2D eigenvalue weighted by Gasteiger charge is -2.36. The van der Waals surface area contributed by atoms with Crippen molar-refractivity contribution in [3.63, 3.8) is 0 Å². The summed E-state index contributed by atoms with van der Waals surface area (Å²) >= 11 is 0. The van der Waals surface area contributed by atoms with Crippen molar-refractivity contribution in [3.8, 4) is 11.3 Å². The second kappa shape index (κ2) is 7.25. The van der Waals surface area contributed by atoms with E-state index in [4.69, 9.17) is 14.9 Å². The number of fused-ring (bicyclic) bond motifs is 1. The standard InChI is InChI=1S/C20H20N2O6S/c21-19(24)20(5-8-27-18(23)11-20)12-29(25,26)15-1-2-16-14(9-15)10-17(28-16)13-3-6-22-7-4-13/h1-4,6-7,9-10,18,23H,5,8,11-12H2,(H2,21,24). The molecule has 1 fully saturated rings. The summed E-state index contributed by atoms with van der Waals surface area (Å²) in [6, 6.07) is 9.89. The zero-order valence-electron chi connectivity index (χ0n) is 15.4. The Labute approximate surface area is 167 Å². The number of aliphatic hydroxyl groups excluding tert-OH is 1. The van der Waals surface area contributed by atoms with Crippen molar-refractivity contribution < 1.29 is 27.5 Å². The van der Waals surface area contributed by atoms with E-state index in [1.54, 1.807) is 36.7 Å². The number of ether oxygens (including phenoxy) is 1. The Hall–Kier alpha value is -2.75. The van der Waals surface area contributed by atoms with Gasteiger partial charge in [-0.05, 0) is 42.8 Å². The SMILES string of the molecule is NC(=O)C1(CS(=O)(=O)c2ccc3oc(-c4ccncc4)cc3c2)CCOC(O)C1. The lowest BCUT2D eigenvalue weighted by Crippen LogP contribution is -2.49. The van der Waals surface area contributed by atoms with E-state index in [2.05, 4.69) is 4.98 Å². The van der Waals surface area contributed by atoms with Crippen LogP contribution in [-0.2, 0) is 19.4 Å². The Kier molecular flexibility index (Phi) is 4.89. The van der Waals surface area contributed by atoms with E-state index in [9.17, 15) is 18.3 Å². The van der Waals surface area contributed by atoms with E-state index in [1.165, 1.54) is 12.1 Å². The molecule has 1 aliphatic rings. The molecule has 2 unspecified atom stereocenters. The average Bonchev–Trinajstić information content (AvgIpc) is 3.11. The third-order valence-corrected chi connectivity index (χ3v) is 7.16. The van der Waals surface area contributed by atoms with Crippen LogP contribution in [0.2, 0.25) is 0 Å². The highest BCUT2D eigenvalue weighted by atomic mass is 32.2. The molecular formula is C20H20N2O6S. The molecule has 0 radical (unpaired) electrons. The number of amides is 1. The number of hydrogen-bond donors (Lipinski definition) is 2. The highest BCUT2D eigenvalue weighted by Crippen LogP contribution is 2.37. The van der Waals surface area contributed by atoms with E-state index in [0.717, 1.165) is 5.56 Å². The third-order valence-electron chi connectivity index (χ3n) is 5.26. The largest absolute Gasteiger partial charge is 0.456 e. The van der Waals surface area contributed by atoms with Gasteiger partial charge in [0.25, 0.3) is 0 Å². The second-order valence-corrected chi connectivity index (χ2v) is 9.22. The van der Waals surface area contributed by atoms with Gasteiger partial charge in [0.2, 0.25) is 5.91 Å². The van der Waals surface area contributed by atoms with Gasteiger partial charge in [0.15, 0.2) is 16.1 Å². The number of aromatic nitrogens is 1. The molecule has 3 aromatic rings. The first-order valence-electron chi connectivity index (χ1n) is 9.05. The van der Waals surface area contributed by atoms with Gasteiger partial charge in [-0.3, -0.25) is 9.78 Å². The molecule has 29 heavy (non-hydrogen) atoms. The van der Waals surface area contributed by atoms with Gasteiger partial charge >= 0.3 is 0 Å². The molecule has 2 atom stereocenters. The Bertz CT molecular complexity index is 1160. The number of sulfone groups is 1. The smallest absolute Gasteiger partial charge is 0.224 e. The fraction of sp³-hybridized carbons (Fsp3) is 0.300. The van der Waals surface area contributed by atoms with Gasteiger partial charge in [0, 0.05) is 29.8 Å². The maximum Gasteiger partial charge on any atom is 0.224 e. The fourth-order valence-electron chi connectivity index (χ4n) is 3.63. The molecule has 4 rings (SSSR count). The number of primary amides is 1. The van der Waals surface area contributed by atoms with Gasteiger partial charge in [0.1, 0.15) is 11.3 Å². The van der Waals surface area contributed by atoms with Gasteiger partial charge < -0.3 is 20.0 Å². The lowest BCUT2D eigenvalue weighted by molar-refractivity contribution is -0.167. The number of rotatable bonds is 5. The molecule has 152 valence electrons. The van der Waals surface area contributed by atoms with E-state index in [-0.39, 0.29) is 24.3 Å². The molecule has 0 spiro atoms. The molecule has 0 aliphatic carbocycles. The maximum atomic E-state index is 13.1. The summed E-state index contributed by atoms with van der Waals surface area (Å²) in [5.41, 5.74) is 5.51. The summed E-state index contributed by atoms with van der Waals surface area (Å²) < 4.78 is 37.0. The molecule has 0 bridgehead atoms. The number of carbonyl (C=O) groups is 1. The topological polar surface area (TPSA) is 133 Å². The summed E-state index contributed by atoms with van der Waals surface area (Å²) in [7, 11) is -3.85. The molecule has 3 heterocycles. The van der Waals surface area contributed by atoms with E-state index in [1.807, 2.05) is 0 Å². The van der Waals surface area contributed by atoms with Gasteiger partial charge in [0.05, 0.1) is 22.7 Å². The molecule has 1 aliphatic heterocycles. The van der Waals surface area contributed by atoms with Crippen LogP contribution in [0.1, 0.15) is 12.8 Å². The number of furan rings is 1. The lowest BCUT2D eigenvalue weighted by atomic mass is 9.81.